The third-order valence-electron chi connectivity index (χ3n) is 2.28. The molecule has 1 aromatic rings. The van der Waals surface area contributed by atoms with Gasteiger partial charge in [-0.1, -0.05) is 0 Å². The van der Waals surface area contributed by atoms with Crippen LogP contribution in [0, 0.1) is 0 Å². The second kappa shape index (κ2) is 2.69. The summed E-state index contributed by atoms with van der Waals surface area (Å²) >= 11 is 2.26. The second-order valence-electron chi connectivity index (χ2n) is 3.05. The van der Waals surface area contributed by atoms with Crippen LogP contribution in [0.15, 0.2) is 14.4 Å². The van der Waals surface area contributed by atoms with Crippen molar-refractivity contribution >= 4 is 28.8 Å². The normalized spacial score (nSPS) is 28.6. The molecule has 0 amide bonds. The van der Waals surface area contributed by atoms with Gasteiger partial charge in [0, 0.05) is 0 Å². The van der Waals surface area contributed by atoms with Crippen LogP contribution in [-0.4, -0.2) is 14.8 Å². The number of hydrogen-bond donors (Lipinski definition) is 2. The van der Waals surface area contributed by atoms with E-state index >= 15 is 0 Å². The minimum Gasteiger partial charge on any atom is -0.395 e. The largest absolute Gasteiger partial charge is 0.395 e. The van der Waals surface area contributed by atoms with Gasteiger partial charge in [0.25, 0.3) is 0 Å². The Morgan fingerprint density at radius 1 is 1.29 bits per heavy atom. The molecule has 3 rings (SSSR count). The van der Waals surface area contributed by atoms with Gasteiger partial charge in [-0.3, -0.25) is 0 Å². The summed E-state index contributed by atoms with van der Waals surface area (Å²) in [5.41, 5.74) is 14.6. The van der Waals surface area contributed by atoms with E-state index in [4.69, 9.17) is 11.5 Å². The van der Waals surface area contributed by atoms with E-state index in [1.54, 1.807) is 0 Å². The van der Waals surface area contributed by atoms with E-state index in [-0.39, 0.29) is 12.1 Å². The maximum absolute atomic E-state index is 5.99. The number of nitrogens with zero attached hydrogens (tertiary/aromatic N) is 4. The molecule has 0 aromatic carbocycles. The van der Waals surface area contributed by atoms with Crippen LogP contribution in [0.25, 0.3) is 5.70 Å². The first-order chi connectivity index (χ1) is 6.79. The molecule has 0 bridgehead atoms. The molecule has 1 aromatic heterocycles. The third kappa shape index (κ3) is 0.873. The average molecular weight is 226 g/mol. The predicted octanol–water partition coefficient (Wildman–Crippen LogP) is 0.0108. The SMILES string of the molecule is NC1=C2N=S=N[C@H]2C(N)c2nsnc21. The first kappa shape index (κ1) is 8.21. The Morgan fingerprint density at radius 3 is 3.00 bits per heavy atom. The van der Waals surface area contributed by atoms with Crippen LogP contribution in [-0.2, 0) is 11.4 Å². The van der Waals surface area contributed by atoms with Crippen molar-refractivity contribution in [1.29, 1.82) is 0 Å². The van der Waals surface area contributed by atoms with Gasteiger partial charge in [0.05, 0.1) is 34.8 Å². The molecular formula is C6H6N6S2. The molecule has 0 saturated heterocycles. The molecule has 1 aliphatic heterocycles. The summed E-state index contributed by atoms with van der Waals surface area (Å²) < 4.78 is 16.6. The molecule has 4 N–H and O–H groups in total. The van der Waals surface area contributed by atoms with Crippen LogP contribution in [0.3, 0.4) is 0 Å². The molecule has 0 radical (unpaired) electrons. The van der Waals surface area contributed by atoms with Crippen molar-refractivity contribution in [3.63, 3.8) is 0 Å². The van der Waals surface area contributed by atoms with E-state index in [1.807, 2.05) is 0 Å². The number of nitrogens with two attached hydrogens (primary N) is 2. The van der Waals surface area contributed by atoms with Gasteiger partial charge < -0.3 is 11.5 Å². The zero-order chi connectivity index (χ0) is 9.71. The van der Waals surface area contributed by atoms with Crippen LogP contribution in [0.4, 0.5) is 0 Å². The van der Waals surface area contributed by atoms with Crippen LogP contribution in [0.2, 0.25) is 0 Å². The van der Waals surface area contributed by atoms with Crippen molar-refractivity contribution in [1.82, 2.24) is 8.75 Å². The van der Waals surface area contributed by atoms with Gasteiger partial charge in [-0.05, 0) is 0 Å². The van der Waals surface area contributed by atoms with Crippen LogP contribution < -0.4 is 11.5 Å². The molecule has 2 aliphatic rings. The first-order valence-electron chi connectivity index (χ1n) is 3.94. The summed E-state index contributed by atoms with van der Waals surface area (Å²) in [6, 6.07) is -0.416. The third-order valence-corrected chi connectivity index (χ3v) is 3.42. The van der Waals surface area contributed by atoms with E-state index in [9.17, 15) is 0 Å². The van der Waals surface area contributed by atoms with Gasteiger partial charge in [-0.2, -0.15) is 13.1 Å². The highest BCUT2D eigenvalue weighted by Gasteiger charge is 2.37. The molecule has 2 heterocycles. The lowest BCUT2D eigenvalue weighted by Gasteiger charge is -2.21. The molecule has 6 nitrogen and oxygen atoms in total. The summed E-state index contributed by atoms with van der Waals surface area (Å²) in [7, 11) is 0. The maximum Gasteiger partial charge on any atom is 0.130 e. The van der Waals surface area contributed by atoms with Crippen LogP contribution in [0.1, 0.15) is 17.4 Å². The summed E-state index contributed by atoms with van der Waals surface area (Å²) in [5, 5.41) is 0. The minimum atomic E-state index is -0.259. The fourth-order valence-corrected chi connectivity index (χ4v) is 2.82. The number of fused-ring (bicyclic) bond motifs is 2. The monoisotopic (exact) mass is 226 g/mol. The van der Waals surface area contributed by atoms with Gasteiger partial charge in [-0.25, -0.2) is 4.36 Å². The van der Waals surface area contributed by atoms with Gasteiger partial charge in [0.15, 0.2) is 0 Å². The van der Waals surface area contributed by atoms with Crippen molar-refractivity contribution in [2.24, 2.45) is 20.2 Å². The quantitative estimate of drug-likeness (QED) is 0.650. The van der Waals surface area contributed by atoms with Crippen LogP contribution >= 0.6 is 11.7 Å². The van der Waals surface area contributed by atoms with Crippen molar-refractivity contribution in [3.8, 4) is 0 Å². The summed E-state index contributed by atoms with van der Waals surface area (Å²) in [6.07, 6.45) is 0. The second-order valence-corrected chi connectivity index (χ2v) is 4.13. The van der Waals surface area contributed by atoms with Gasteiger partial charge >= 0.3 is 0 Å². The summed E-state index contributed by atoms with van der Waals surface area (Å²) in [6.45, 7) is 0. The molecule has 14 heavy (non-hydrogen) atoms. The molecular weight excluding hydrogens is 220 g/mol. The summed E-state index contributed by atoms with van der Waals surface area (Å²) in [5.74, 6) is 0. The van der Waals surface area contributed by atoms with Crippen LogP contribution in [0.5, 0.6) is 0 Å². The van der Waals surface area contributed by atoms with Crippen molar-refractivity contribution in [2.75, 3.05) is 0 Å². The van der Waals surface area contributed by atoms with E-state index in [1.165, 1.54) is 0 Å². The summed E-state index contributed by atoms with van der Waals surface area (Å²) in [4.78, 5) is 0. The number of hydrogen-bond acceptors (Lipinski definition) is 7. The molecule has 1 unspecified atom stereocenters. The maximum atomic E-state index is 5.99. The predicted molar refractivity (Wildman–Crippen MR) is 54.0 cm³/mol. The molecule has 0 saturated carbocycles. The molecule has 72 valence electrons. The molecule has 1 aliphatic carbocycles. The van der Waals surface area contributed by atoms with Gasteiger partial charge in [0.1, 0.15) is 23.1 Å². The lowest BCUT2D eigenvalue weighted by atomic mass is 9.94. The minimum absolute atomic E-state index is 0.156. The Hall–Kier alpha value is -1.12. The van der Waals surface area contributed by atoms with E-state index in [0.717, 1.165) is 34.5 Å². The molecule has 0 fully saturated rings. The Bertz CT molecular complexity index is 496. The fraction of sp³-hybridized carbons (Fsp3) is 0.333. The van der Waals surface area contributed by atoms with E-state index in [2.05, 4.69) is 17.5 Å². The molecule has 8 heteroatoms. The Kier molecular flexibility index (Phi) is 1.58. The van der Waals surface area contributed by atoms with E-state index < -0.39 is 0 Å². The topological polar surface area (TPSA) is 103 Å². The van der Waals surface area contributed by atoms with Crippen molar-refractivity contribution < 1.29 is 0 Å². The smallest absolute Gasteiger partial charge is 0.130 e. The fourth-order valence-electron chi connectivity index (χ4n) is 1.54. The lowest BCUT2D eigenvalue weighted by Crippen LogP contribution is -2.31. The Balaban J connectivity index is 2.28. The van der Waals surface area contributed by atoms with Gasteiger partial charge in [0.2, 0.25) is 0 Å². The number of rotatable bonds is 0. The number of aromatic nitrogens is 2. The zero-order valence-corrected chi connectivity index (χ0v) is 8.55. The highest BCUT2D eigenvalue weighted by atomic mass is 32.1. The molecule has 2 atom stereocenters. The average Bonchev–Trinajstić information content (AvgIpc) is 2.82. The standard InChI is InChI=1S/C6H6N6S2/c7-1-3-5(11-13-9-3)2(8)6-4(1)10-14-12-6/h1,3H,7-8H2/t1?,3-/m0/s1. The van der Waals surface area contributed by atoms with Gasteiger partial charge in [-0.15, -0.1) is 0 Å². The highest BCUT2D eigenvalue weighted by Crippen LogP contribution is 2.36. The van der Waals surface area contributed by atoms with Crippen molar-refractivity contribution in [2.45, 2.75) is 12.1 Å². The van der Waals surface area contributed by atoms with E-state index in [0.29, 0.717) is 11.4 Å². The first-order valence-corrected chi connectivity index (χ1v) is 5.40. The molecule has 0 spiro atoms. The highest BCUT2D eigenvalue weighted by molar-refractivity contribution is 7.57. The Morgan fingerprint density at radius 2 is 2.14 bits per heavy atom. The van der Waals surface area contributed by atoms with Crippen molar-refractivity contribution in [3.05, 3.63) is 17.1 Å². The Labute approximate surface area is 87.2 Å². The lowest BCUT2D eigenvalue weighted by molar-refractivity contribution is 0.599. The zero-order valence-electron chi connectivity index (χ0n) is 6.91.